The molecule has 2 aromatic rings. The molecule has 2 aliphatic rings. The average molecular weight is 557 g/mol. The molecule has 1 fully saturated rings. The van der Waals surface area contributed by atoms with Crippen LogP contribution >= 0.6 is 0 Å². The Balaban J connectivity index is 1.28. The van der Waals surface area contributed by atoms with Gasteiger partial charge in [0, 0.05) is 19.7 Å². The van der Waals surface area contributed by atoms with Crippen molar-refractivity contribution in [2.75, 3.05) is 43.0 Å². The quantitative estimate of drug-likeness (QED) is 0.467. The summed E-state index contributed by atoms with van der Waals surface area (Å²) < 4.78 is 31.4. The number of ether oxygens (including phenoxy) is 3. The van der Waals surface area contributed by atoms with Gasteiger partial charge in [-0.2, -0.15) is 0 Å². The van der Waals surface area contributed by atoms with Gasteiger partial charge < -0.3 is 34.6 Å². The minimum atomic E-state index is -0.854. The maximum atomic E-state index is 14.9. The molecule has 2 aromatic carbocycles. The number of carbonyl (C=O) groups excluding carboxylic acids is 3. The lowest BCUT2D eigenvalue weighted by Crippen LogP contribution is -2.56. The summed E-state index contributed by atoms with van der Waals surface area (Å²) in [5.74, 6) is -0.884. The van der Waals surface area contributed by atoms with Gasteiger partial charge in [0.15, 0.2) is 0 Å². The van der Waals surface area contributed by atoms with Gasteiger partial charge in [-0.25, -0.2) is 14.0 Å². The van der Waals surface area contributed by atoms with Crippen LogP contribution in [0.5, 0.6) is 0 Å². The highest BCUT2D eigenvalue weighted by atomic mass is 19.1. The van der Waals surface area contributed by atoms with Crippen molar-refractivity contribution in [3.63, 3.8) is 0 Å². The van der Waals surface area contributed by atoms with Gasteiger partial charge in [0.2, 0.25) is 5.91 Å². The number of alkyl carbamates (subject to hydrolysis) is 1. The Morgan fingerprint density at radius 2 is 1.85 bits per heavy atom. The molecular weight excluding hydrogens is 519 g/mol. The van der Waals surface area contributed by atoms with Crippen LogP contribution in [0.4, 0.5) is 25.4 Å². The van der Waals surface area contributed by atoms with E-state index in [1.807, 2.05) is 56.0 Å². The second-order valence-corrected chi connectivity index (χ2v) is 10.9. The topological polar surface area (TPSA) is 109 Å². The fourth-order valence-electron chi connectivity index (χ4n) is 4.48. The number of rotatable bonds is 8. The lowest BCUT2D eigenvalue weighted by atomic mass is 10.1. The minimum Gasteiger partial charge on any atom is -0.445 e. The van der Waals surface area contributed by atoms with Crippen LogP contribution in [-0.4, -0.2) is 73.5 Å². The highest BCUT2D eigenvalue weighted by Crippen LogP contribution is 2.31. The zero-order valence-electron chi connectivity index (χ0n) is 23.2. The Morgan fingerprint density at radius 3 is 2.58 bits per heavy atom. The molecule has 2 aliphatic heterocycles. The van der Waals surface area contributed by atoms with Gasteiger partial charge in [-0.15, -0.1) is 0 Å². The Hall–Kier alpha value is -3.86. The third-order valence-corrected chi connectivity index (χ3v) is 6.50. The highest BCUT2D eigenvalue weighted by Gasteiger charge is 2.34. The third-order valence-electron chi connectivity index (χ3n) is 6.50. The fraction of sp³-hybridized carbons (Fsp3) is 0.483. The number of nitrogens with one attached hydrogen (secondary N) is 2. The number of fused-ring (bicyclic) bond motifs is 1. The van der Waals surface area contributed by atoms with Crippen LogP contribution in [0.3, 0.4) is 0 Å². The molecule has 2 N–H and O–H groups in total. The molecule has 0 unspecified atom stereocenters. The van der Waals surface area contributed by atoms with E-state index in [0.717, 1.165) is 5.56 Å². The number of anilines is 2. The summed E-state index contributed by atoms with van der Waals surface area (Å²) >= 11 is 0. The van der Waals surface area contributed by atoms with Gasteiger partial charge in [-0.05, 0) is 51.3 Å². The first kappa shape index (κ1) is 29.1. The van der Waals surface area contributed by atoms with Crippen molar-refractivity contribution in [3.05, 3.63) is 59.9 Å². The lowest BCUT2D eigenvalue weighted by Gasteiger charge is -2.39. The van der Waals surface area contributed by atoms with Crippen LogP contribution < -0.4 is 15.5 Å². The number of carbonyl (C=O) groups is 3. The molecule has 216 valence electrons. The van der Waals surface area contributed by atoms with E-state index in [4.69, 9.17) is 14.2 Å². The Bertz CT molecular complexity index is 1180. The van der Waals surface area contributed by atoms with E-state index in [2.05, 4.69) is 10.6 Å². The van der Waals surface area contributed by atoms with E-state index in [1.165, 1.54) is 12.1 Å². The molecule has 1 saturated heterocycles. The van der Waals surface area contributed by atoms with Crippen LogP contribution in [-0.2, 0) is 25.6 Å². The zero-order valence-corrected chi connectivity index (χ0v) is 23.2. The number of para-hydroxylation sites is 1. The van der Waals surface area contributed by atoms with Gasteiger partial charge in [-0.1, -0.05) is 36.4 Å². The van der Waals surface area contributed by atoms with E-state index in [-0.39, 0.29) is 25.2 Å². The van der Waals surface area contributed by atoms with Crippen LogP contribution in [0.25, 0.3) is 0 Å². The number of hydrogen-bond donors (Lipinski definition) is 2. The molecule has 0 spiro atoms. The SMILES string of the molecule is CC(C)(C)OC(=O)N1CC(OCCCN2CC[C@H](NC(=O)OCc3ccccc3)C(=O)Nc3cccc(F)c32)C1. The number of likely N-dealkylation sites (tertiary alicyclic amines) is 1. The van der Waals surface area contributed by atoms with Gasteiger partial charge >= 0.3 is 12.2 Å². The van der Waals surface area contributed by atoms with Crippen molar-refractivity contribution >= 4 is 29.5 Å². The molecule has 10 nitrogen and oxygen atoms in total. The van der Waals surface area contributed by atoms with Gasteiger partial charge in [-0.3, -0.25) is 4.79 Å². The van der Waals surface area contributed by atoms with Crippen molar-refractivity contribution in [3.8, 4) is 0 Å². The van der Waals surface area contributed by atoms with E-state index >= 15 is 0 Å². The third kappa shape index (κ3) is 8.08. The van der Waals surface area contributed by atoms with Crippen LogP contribution in [0.15, 0.2) is 48.5 Å². The summed E-state index contributed by atoms with van der Waals surface area (Å²) in [7, 11) is 0. The minimum absolute atomic E-state index is 0.0707. The Kier molecular flexibility index (Phi) is 9.46. The standard InChI is InChI=1S/C29H37FN4O6/c1-29(2,3)40-28(37)34-17-21(18-34)38-16-8-14-33-15-13-24(26(35)31-23-12-7-11-22(30)25(23)33)32-27(36)39-19-20-9-5-4-6-10-20/h4-7,9-12,21,24H,8,13-19H2,1-3H3,(H,31,35)(H,32,36)/t24-/m0/s1. The molecule has 40 heavy (non-hydrogen) atoms. The van der Waals surface area contributed by atoms with E-state index in [1.54, 1.807) is 11.0 Å². The summed E-state index contributed by atoms with van der Waals surface area (Å²) in [6.07, 6.45) is -0.270. The molecule has 0 radical (unpaired) electrons. The first-order valence-corrected chi connectivity index (χ1v) is 13.5. The van der Waals surface area contributed by atoms with Crippen LogP contribution in [0, 0.1) is 5.82 Å². The Labute approximate surface area is 233 Å². The zero-order chi connectivity index (χ0) is 28.7. The van der Waals surface area contributed by atoms with Crippen molar-refractivity contribution in [2.45, 2.75) is 58.0 Å². The summed E-state index contributed by atoms with van der Waals surface area (Å²) in [4.78, 5) is 40.9. The average Bonchev–Trinajstić information content (AvgIpc) is 2.86. The fourth-order valence-corrected chi connectivity index (χ4v) is 4.48. The van der Waals surface area contributed by atoms with Crippen molar-refractivity contribution in [2.24, 2.45) is 0 Å². The predicted molar refractivity (Wildman–Crippen MR) is 148 cm³/mol. The molecule has 3 amide bonds. The number of benzene rings is 2. The van der Waals surface area contributed by atoms with Crippen molar-refractivity contribution in [1.82, 2.24) is 10.2 Å². The first-order chi connectivity index (χ1) is 19.1. The van der Waals surface area contributed by atoms with Gasteiger partial charge in [0.1, 0.15) is 24.1 Å². The second kappa shape index (κ2) is 13.0. The number of halogens is 1. The lowest BCUT2D eigenvalue weighted by molar-refractivity contribution is -0.118. The molecule has 0 aromatic heterocycles. The predicted octanol–water partition coefficient (Wildman–Crippen LogP) is 4.30. The molecule has 1 atom stereocenters. The summed E-state index contributed by atoms with van der Waals surface area (Å²) in [6, 6.07) is 12.9. The monoisotopic (exact) mass is 556 g/mol. The van der Waals surface area contributed by atoms with E-state index in [9.17, 15) is 18.8 Å². The number of amides is 3. The molecule has 0 bridgehead atoms. The Morgan fingerprint density at radius 1 is 1.10 bits per heavy atom. The maximum absolute atomic E-state index is 14.9. The van der Waals surface area contributed by atoms with E-state index in [0.29, 0.717) is 50.6 Å². The molecule has 0 saturated carbocycles. The highest BCUT2D eigenvalue weighted by molar-refractivity contribution is 5.99. The number of hydrogen-bond acceptors (Lipinski definition) is 7. The first-order valence-electron chi connectivity index (χ1n) is 13.5. The number of nitrogens with zero attached hydrogens (tertiary/aromatic N) is 2. The van der Waals surface area contributed by atoms with Crippen LogP contribution in [0.2, 0.25) is 0 Å². The van der Waals surface area contributed by atoms with E-state index < -0.39 is 29.5 Å². The van der Waals surface area contributed by atoms with Gasteiger partial charge in [0.05, 0.1) is 30.6 Å². The molecule has 11 heteroatoms. The molecular formula is C29H37FN4O6. The van der Waals surface area contributed by atoms with Crippen molar-refractivity contribution in [1.29, 1.82) is 0 Å². The van der Waals surface area contributed by atoms with Gasteiger partial charge in [0.25, 0.3) is 0 Å². The molecule has 4 rings (SSSR count). The molecule has 0 aliphatic carbocycles. The normalized spacial score (nSPS) is 17.6. The largest absolute Gasteiger partial charge is 0.445 e. The van der Waals surface area contributed by atoms with Crippen molar-refractivity contribution < 1.29 is 33.0 Å². The summed E-state index contributed by atoms with van der Waals surface area (Å²) in [6.45, 7) is 7.72. The smallest absolute Gasteiger partial charge is 0.410 e. The summed E-state index contributed by atoms with van der Waals surface area (Å²) in [5.41, 5.74) is 0.927. The molecule has 2 heterocycles. The second-order valence-electron chi connectivity index (χ2n) is 10.9. The van der Waals surface area contributed by atoms with Crippen LogP contribution in [0.1, 0.15) is 39.2 Å². The maximum Gasteiger partial charge on any atom is 0.410 e. The summed E-state index contributed by atoms with van der Waals surface area (Å²) in [5, 5.41) is 5.39.